The number of rotatable bonds is 4. The van der Waals surface area contributed by atoms with E-state index in [4.69, 9.17) is 5.11 Å². The smallest absolute Gasteiger partial charge is 0.338 e. The fourth-order valence-electron chi connectivity index (χ4n) is 2.73. The lowest BCUT2D eigenvalue weighted by molar-refractivity contribution is -0.142. The summed E-state index contributed by atoms with van der Waals surface area (Å²) in [6.07, 6.45) is 0.953. The third-order valence-electron chi connectivity index (χ3n) is 4.04. The van der Waals surface area contributed by atoms with E-state index in [-0.39, 0.29) is 23.5 Å². The zero-order chi connectivity index (χ0) is 17.2. The molecule has 1 N–H and O–H groups in total. The molecule has 2 rings (SSSR count). The Hall–Kier alpha value is -1.93. The van der Waals surface area contributed by atoms with Gasteiger partial charge in [0.25, 0.3) is 0 Å². The Bertz CT molecular complexity index is 727. The molecule has 1 aromatic carbocycles. The molecule has 126 valence electrons. The lowest BCUT2D eigenvalue weighted by Crippen LogP contribution is -2.42. The SMILES string of the molecule is COC(=O)c1cccc(S(=O)(=O)N2CCCC(C(=O)O)C2)c1C. The number of esters is 1. The molecule has 1 heterocycles. The summed E-state index contributed by atoms with van der Waals surface area (Å²) in [5, 5.41) is 9.11. The van der Waals surface area contributed by atoms with Crippen molar-refractivity contribution in [2.45, 2.75) is 24.7 Å². The van der Waals surface area contributed by atoms with Crippen LogP contribution in [0.1, 0.15) is 28.8 Å². The Morgan fingerprint density at radius 1 is 1.35 bits per heavy atom. The number of carbonyl (C=O) groups excluding carboxylic acids is 1. The summed E-state index contributed by atoms with van der Waals surface area (Å²) in [6.45, 7) is 1.76. The van der Waals surface area contributed by atoms with Crippen molar-refractivity contribution in [3.8, 4) is 0 Å². The third-order valence-corrected chi connectivity index (χ3v) is 6.05. The number of nitrogens with zero attached hydrogens (tertiary/aromatic N) is 1. The molecule has 8 heteroatoms. The zero-order valence-corrected chi connectivity index (χ0v) is 13.8. The van der Waals surface area contributed by atoms with Crippen LogP contribution in [0.4, 0.5) is 0 Å². The molecule has 1 unspecified atom stereocenters. The maximum atomic E-state index is 12.8. The summed E-state index contributed by atoms with van der Waals surface area (Å²) >= 11 is 0. The molecule has 0 amide bonds. The van der Waals surface area contributed by atoms with Crippen LogP contribution in [-0.2, 0) is 19.6 Å². The van der Waals surface area contributed by atoms with Crippen LogP contribution in [0.25, 0.3) is 0 Å². The van der Waals surface area contributed by atoms with Crippen molar-refractivity contribution in [2.24, 2.45) is 5.92 Å². The second-order valence-corrected chi connectivity index (χ2v) is 7.37. The maximum absolute atomic E-state index is 12.8. The van der Waals surface area contributed by atoms with Gasteiger partial charge in [-0.05, 0) is 37.5 Å². The van der Waals surface area contributed by atoms with Crippen molar-refractivity contribution in [1.82, 2.24) is 4.31 Å². The second-order valence-electron chi connectivity index (χ2n) is 5.46. The van der Waals surface area contributed by atoms with Crippen LogP contribution in [0.2, 0.25) is 0 Å². The minimum absolute atomic E-state index is 0.00596. The van der Waals surface area contributed by atoms with E-state index >= 15 is 0 Å². The number of ether oxygens (including phenoxy) is 1. The quantitative estimate of drug-likeness (QED) is 0.828. The van der Waals surface area contributed by atoms with Gasteiger partial charge in [-0.2, -0.15) is 4.31 Å². The molecule has 0 aromatic heterocycles. The van der Waals surface area contributed by atoms with Crippen molar-refractivity contribution in [3.05, 3.63) is 29.3 Å². The number of hydrogen-bond donors (Lipinski definition) is 1. The molecule has 1 saturated heterocycles. The molecule has 1 atom stereocenters. The highest BCUT2D eigenvalue weighted by Crippen LogP contribution is 2.27. The van der Waals surface area contributed by atoms with Gasteiger partial charge in [0.2, 0.25) is 10.0 Å². The van der Waals surface area contributed by atoms with Gasteiger partial charge in [0.15, 0.2) is 0 Å². The van der Waals surface area contributed by atoms with E-state index in [2.05, 4.69) is 4.74 Å². The minimum atomic E-state index is -3.86. The maximum Gasteiger partial charge on any atom is 0.338 e. The Morgan fingerprint density at radius 2 is 2.04 bits per heavy atom. The average molecular weight is 341 g/mol. The number of carbonyl (C=O) groups is 2. The third kappa shape index (κ3) is 3.37. The highest BCUT2D eigenvalue weighted by Gasteiger charge is 2.34. The first-order valence-electron chi connectivity index (χ1n) is 7.20. The standard InChI is InChI=1S/C15H19NO6S/c1-10-12(15(19)22-2)6-3-7-13(10)23(20,21)16-8-4-5-11(9-16)14(17)18/h3,6-7,11H,4-5,8-9H2,1-2H3,(H,17,18). The van der Waals surface area contributed by atoms with E-state index in [9.17, 15) is 18.0 Å². The minimum Gasteiger partial charge on any atom is -0.481 e. The molecule has 7 nitrogen and oxygen atoms in total. The number of methoxy groups -OCH3 is 1. The molecule has 1 aliphatic rings. The van der Waals surface area contributed by atoms with E-state index in [1.807, 2.05) is 0 Å². The molecule has 23 heavy (non-hydrogen) atoms. The van der Waals surface area contributed by atoms with Crippen molar-refractivity contribution in [2.75, 3.05) is 20.2 Å². The van der Waals surface area contributed by atoms with Gasteiger partial charge in [-0.1, -0.05) is 6.07 Å². The average Bonchev–Trinajstić information content (AvgIpc) is 2.54. The molecule has 0 aliphatic carbocycles. The predicted molar refractivity (Wildman–Crippen MR) is 81.6 cm³/mol. The monoisotopic (exact) mass is 341 g/mol. The van der Waals surface area contributed by atoms with E-state index in [1.165, 1.54) is 36.5 Å². The van der Waals surface area contributed by atoms with Crippen LogP contribution in [0, 0.1) is 12.8 Å². The Balaban J connectivity index is 2.40. The zero-order valence-electron chi connectivity index (χ0n) is 13.0. The van der Waals surface area contributed by atoms with Crippen molar-refractivity contribution in [1.29, 1.82) is 0 Å². The van der Waals surface area contributed by atoms with Crippen LogP contribution in [0.15, 0.2) is 23.1 Å². The summed E-state index contributed by atoms with van der Waals surface area (Å²) in [6, 6.07) is 4.39. The number of hydrogen-bond acceptors (Lipinski definition) is 5. The van der Waals surface area contributed by atoms with Gasteiger partial charge in [-0.25, -0.2) is 13.2 Å². The molecule has 1 aromatic rings. The van der Waals surface area contributed by atoms with Crippen molar-refractivity contribution in [3.63, 3.8) is 0 Å². The van der Waals surface area contributed by atoms with Gasteiger partial charge in [-0.3, -0.25) is 4.79 Å². The molecule has 0 radical (unpaired) electrons. The van der Waals surface area contributed by atoms with Gasteiger partial charge in [0.1, 0.15) is 0 Å². The summed E-state index contributed by atoms with van der Waals surface area (Å²) in [5.41, 5.74) is 0.483. The first kappa shape index (κ1) is 17.4. The highest BCUT2D eigenvalue weighted by molar-refractivity contribution is 7.89. The molecule has 1 aliphatic heterocycles. The first-order chi connectivity index (χ1) is 10.8. The van der Waals surface area contributed by atoms with Gasteiger partial charge < -0.3 is 9.84 Å². The number of aliphatic carboxylic acids is 1. The Kier molecular flexibility index (Phi) is 5.06. The number of piperidine rings is 1. The number of sulfonamides is 1. The first-order valence-corrected chi connectivity index (χ1v) is 8.64. The topological polar surface area (TPSA) is 101 Å². The normalized spacial score (nSPS) is 19.3. The summed E-state index contributed by atoms with van der Waals surface area (Å²) in [5.74, 6) is -2.31. The van der Waals surface area contributed by atoms with Crippen LogP contribution in [-0.4, -0.2) is 50.0 Å². The number of benzene rings is 1. The van der Waals surface area contributed by atoms with Gasteiger partial charge in [0, 0.05) is 13.1 Å². The van der Waals surface area contributed by atoms with E-state index in [0.29, 0.717) is 18.4 Å². The van der Waals surface area contributed by atoms with E-state index in [0.717, 1.165) is 0 Å². The van der Waals surface area contributed by atoms with Crippen LogP contribution >= 0.6 is 0 Å². The molecular formula is C15H19NO6S. The van der Waals surface area contributed by atoms with E-state index < -0.39 is 27.9 Å². The van der Waals surface area contributed by atoms with Crippen molar-refractivity contribution >= 4 is 22.0 Å². The summed E-state index contributed by atoms with van der Waals surface area (Å²) in [4.78, 5) is 22.9. The van der Waals surface area contributed by atoms with Gasteiger partial charge in [0.05, 0.1) is 23.5 Å². The molecule has 0 spiro atoms. The fraction of sp³-hybridized carbons (Fsp3) is 0.467. The van der Waals surface area contributed by atoms with E-state index in [1.54, 1.807) is 0 Å². The number of carboxylic acid groups (broad SMARTS) is 1. The van der Waals surface area contributed by atoms with Crippen molar-refractivity contribution < 1.29 is 27.9 Å². The predicted octanol–water partition coefficient (Wildman–Crippen LogP) is 1.27. The van der Waals surface area contributed by atoms with Crippen LogP contribution in [0.3, 0.4) is 0 Å². The Labute approximate surface area is 134 Å². The lowest BCUT2D eigenvalue weighted by Gasteiger charge is -2.30. The Morgan fingerprint density at radius 3 is 2.65 bits per heavy atom. The largest absolute Gasteiger partial charge is 0.481 e. The highest BCUT2D eigenvalue weighted by atomic mass is 32.2. The van der Waals surface area contributed by atoms with Gasteiger partial charge >= 0.3 is 11.9 Å². The molecular weight excluding hydrogens is 322 g/mol. The van der Waals surface area contributed by atoms with Crippen LogP contribution in [0.5, 0.6) is 0 Å². The second kappa shape index (κ2) is 6.67. The lowest BCUT2D eigenvalue weighted by atomic mass is 10.0. The summed E-state index contributed by atoms with van der Waals surface area (Å²) in [7, 11) is -2.63. The number of carboxylic acids is 1. The summed E-state index contributed by atoms with van der Waals surface area (Å²) < 4.78 is 31.5. The fourth-order valence-corrected chi connectivity index (χ4v) is 4.50. The van der Waals surface area contributed by atoms with Crippen LogP contribution < -0.4 is 0 Å². The van der Waals surface area contributed by atoms with Gasteiger partial charge in [-0.15, -0.1) is 0 Å². The molecule has 0 saturated carbocycles. The molecule has 0 bridgehead atoms. The molecule has 1 fully saturated rings.